The average Bonchev–Trinajstić information content (AvgIpc) is 2.52. The molecule has 0 unspecified atom stereocenters. The van der Waals surface area contributed by atoms with Gasteiger partial charge in [0.05, 0.1) is 6.04 Å². The predicted octanol–water partition coefficient (Wildman–Crippen LogP) is 3.66. The van der Waals surface area contributed by atoms with Crippen LogP contribution in [0.2, 0.25) is 0 Å². The monoisotopic (exact) mass is 345 g/mol. The van der Waals surface area contributed by atoms with Crippen LogP contribution in [-0.2, 0) is 10.8 Å². The van der Waals surface area contributed by atoms with E-state index in [0.717, 1.165) is 21.7 Å². The van der Waals surface area contributed by atoms with Gasteiger partial charge in [-0.1, -0.05) is 12.1 Å². The van der Waals surface area contributed by atoms with Crippen molar-refractivity contribution in [1.29, 1.82) is 0 Å². The molecule has 0 aliphatic rings. The number of anilines is 1. The largest absolute Gasteiger partial charge is 0.323 e. The van der Waals surface area contributed by atoms with Gasteiger partial charge in [-0.25, -0.2) is 9.78 Å². The van der Waals surface area contributed by atoms with Crippen molar-refractivity contribution in [3.63, 3.8) is 0 Å². The summed E-state index contributed by atoms with van der Waals surface area (Å²) in [4.78, 5) is 19.2. The quantitative estimate of drug-likeness (QED) is 0.920. The Morgan fingerprint density at radius 1 is 1.21 bits per heavy atom. The first-order chi connectivity index (χ1) is 11.3. The number of hydrogen-bond donors (Lipinski definition) is 1. The van der Waals surface area contributed by atoms with Gasteiger partial charge in [0, 0.05) is 34.7 Å². The van der Waals surface area contributed by atoms with Crippen LogP contribution in [-0.4, -0.2) is 33.4 Å². The smallest absolute Gasteiger partial charge is 0.321 e. The maximum absolute atomic E-state index is 12.5. The van der Waals surface area contributed by atoms with E-state index < -0.39 is 10.8 Å². The molecule has 0 aliphatic carbocycles. The normalized spacial score (nSPS) is 13.2. The van der Waals surface area contributed by atoms with E-state index in [-0.39, 0.29) is 12.1 Å². The Labute approximate surface area is 145 Å². The Hall–Kier alpha value is -2.21. The minimum atomic E-state index is -1.00. The molecule has 5 nitrogen and oxygen atoms in total. The van der Waals surface area contributed by atoms with Gasteiger partial charge in [-0.3, -0.25) is 9.53 Å². The maximum atomic E-state index is 12.5. The highest BCUT2D eigenvalue weighted by Gasteiger charge is 2.18. The molecule has 0 bridgehead atoms. The molecule has 128 valence electrons. The lowest BCUT2D eigenvalue weighted by Crippen LogP contribution is -2.33. The van der Waals surface area contributed by atoms with Crippen LogP contribution in [0.4, 0.5) is 10.6 Å². The lowest BCUT2D eigenvalue weighted by molar-refractivity contribution is 0.208. The summed E-state index contributed by atoms with van der Waals surface area (Å²) in [5, 5.41) is 2.83. The summed E-state index contributed by atoms with van der Waals surface area (Å²) in [6.45, 7) is 5.82. The minimum absolute atomic E-state index is 0.116. The van der Waals surface area contributed by atoms with Crippen LogP contribution < -0.4 is 5.32 Å². The number of aryl methyl sites for hydroxylation is 2. The van der Waals surface area contributed by atoms with Gasteiger partial charge in [-0.05, 0) is 56.2 Å². The van der Waals surface area contributed by atoms with E-state index >= 15 is 0 Å². The number of pyridine rings is 1. The van der Waals surface area contributed by atoms with E-state index in [1.54, 1.807) is 18.2 Å². The maximum Gasteiger partial charge on any atom is 0.323 e. The minimum Gasteiger partial charge on any atom is -0.321 e. The van der Waals surface area contributed by atoms with Crippen molar-refractivity contribution in [3.8, 4) is 0 Å². The van der Waals surface area contributed by atoms with Crippen molar-refractivity contribution >= 4 is 22.6 Å². The van der Waals surface area contributed by atoms with Gasteiger partial charge in [0.25, 0.3) is 0 Å². The molecule has 0 fully saturated rings. The fourth-order valence-electron chi connectivity index (χ4n) is 2.44. The number of benzene rings is 1. The molecular formula is C18H23N3O2S. The molecule has 1 aromatic heterocycles. The van der Waals surface area contributed by atoms with Crippen molar-refractivity contribution < 1.29 is 9.00 Å². The molecular weight excluding hydrogens is 322 g/mol. The summed E-state index contributed by atoms with van der Waals surface area (Å²) in [6.07, 6.45) is 1.65. The molecule has 6 heteroatoms. The first-order valence-corrected chi connectivity index (χ1v) is 9.26. The number of urea groups is 1. The summed E-state index contributed by atoms with van der Waals surface area (Å²) in [5.74, 6) is 0.549. The van der Waals surface area contributed by atoms with Crippen molar-refractivity contribution in [3.05, 3.63) is 53.2 Å². The van der Waals surface area contributed by atoms with Crippen LogP contribution in [0.3, 0.4) is 0 Å². The molecule has 24 heavy (non-hydrogen) atoms. The zero-order valence-electron chi connectivity index (χ0n) is 14.7. The molecule has 2 amide bonds. The molecule has 2 rings (SSSR count). The molecule has 0 radical (unpaired) electrons. The van der Waals surface area contributed by atoms with Crippen LogP contribution in [0.5, 0.6) is 0 Å². The lowest BCUT2D eigenvalue weighted by atomic mass is 10.1. The SMILES string of the molecule is Cc1cc(C)nc(NC(=O)N(C)[C@H](C)c2ccc([S@](C)=O)cc2)c1. The summed E-state index contributed by atoms with van der Waals surface area (Å²) >= 11 is 0. The number of hydrogen-bond acceptors (Lipinski definition) is 3. The average molecular weight is 345 g/mol. The Kier molecular flexibility index (Phi) is 5.72. The van der Waals surface area contributed by atoms with E-state index in [4.69, 9.17) is 0 Å². The number of aromatic nitrogens is 1. The second kappa shape index (κ2) is 7.57. The summed E-state index contributed by atoms with van der Waals surface area (Å²) < 4.78 is 11.5. The summed E-state index contributed by atoms with van der Waals surface area (Å²) in [7, 11) is 0.742. The van der Waals surface area contributed by atoms with Crippen LogP contribution in [0.1, 0.15) is 29.8 Å². The molecule has 2 aromatic rings. The Morgan fingerprint density at radius 2 is 1.83 bits per heavy atom. The van der Waals surface area contributed by atoms with Crippen molar-refractivity contribution in [2.45, 2.75) is 31.7 Å². The van der Waals surface area contributed by atoms with Crippen LogP contribution in [0.25, 0.3) is 0 Å². The van der Waals surface area contributed by atoms with Gasteiger partial charge >= 0.3 is 6.03 Å². The van der Waals surface area contributed by atoms with Crippen molar-refractivity contribution in [2.24, 2.45) is 0 Å². The van der Waals surface area contributed by atoms with E-state index in [0.29, 0.717) is 5.82 Å². The molecule has 1 N–H and O–H groups in total. The second-order valence-corrected chi connectivity index (χ2v) is 7.29. The van der Waals surface area contributed by atoms with Gasteiger partial charge in [0.15, 0.2) is 0 Å². The third kappa shape index (κ3) is 4.41. The standard InChI is InChI=1S/C18H23N3O2S/c1-12-10-13(2)19-17(11-12)20-18(22)21(4)14(3)15-6-8-16(9-7-15)24(5)23/h6-11,14H,1-5H3,(H,19,20,22)/t14-,24+/m1/s1. The summed E-state index contributed by atoms with van der Waals surface area (Å²) in [6, 6.07) is 10.9. The van der Waals surface area contributed by atoms with Crippen LogP contribution in [0, 0.1) is 13.8 Å². The molecule has 2 atom stereocenters. The topological polar surface area (TPSA) is 62.3 Å². The van der Waals surface area contributed by atoms with Gasteiger partial charge in [-0.2, -0.15) is 0 Å². The number of carbonyl (C=O) groups excluding carboxylic acids is 1. The van der Waals surface area contributed by atoms with Gasteiger partial charge in [-0.15, -0.1) is 0 Å². The Morgan fingerprint density at radius 3 is 2.38 bits per heavy atom. The van der Waals surface area contributed by atoms with E-state index in [1.807, 2.05) is 57.2 Å². The number of amides is 2. The zero-order valence-corrected chi connectivity index (χ0v) is 15.5. The van der Waals surface area contributed by atoms with Crippen LogP contribution >= 0.6 is 0 Å². The van der Waals surface area contributed by atoms with Crippen molar-refractivity contribution in [1.82, 2.24) is 9.88 Å². The third-order valence-corrected chi connectivity index (χ3v) is 4.86. The fourth-order valence-corrected chi connectivity index (χ4v) is 2.96. The number of rotatable bonds is 4. The van der Waals surface area contributed by atoms with Gasteiger partial charge < -0.3 is 4.90 Å². The first kappa shape index (κ1) is 18.1. The van der Waals surface area contributed by atoms with Gasteiger partial charge in [0.1, 0.15) is 5.82 Å². The van der Waals surface area contributed by atoms with Crippen molar-refractivity contribution in [2.75, 3.05) is 18.6 Å². The predicted molar refractivity (Wildman–Crippen MR) is 97.7 cm³/mol. The molecule has 1 aromatic carbocycles. The molecule has 0 saturated heterocycles. The Bertz CT molecular complexity index is 739. The van der Waals surface area contributed by atoms with E-state index in [9.17, 15) is 9.00 Å². The third-order valence-electron chi connectivity index (χ3n) is 3.93. The number of nitrogens with one attached hydrogen (secondary N) is 1. The molecule has 1 heterocycles. The zero-order chi connectivity index (χ0) is 17.9. The number of nitrogens with zero attached hydrogens (tertiary/aromatic N) is 2. The van der Waals surface area contributed by atoms with Crippen LogP contribution in [0.15, 0.2) is 41.3 Å². The van der Waals surface area contributed by atoms with E-state index in [1.165, 1.54) is 0 Å². The highest BCUT2D eigenvalue weighted by Crippen LogP contribution is 2.21. The Balaban J connectivity index is 2.10. The lowest BCUT2D eigenvalue weighted by Gasteiger charge is -2.25. The fraction of sp³-hybridized carbons (Fsp3) is 0.333. The molecule has 0 spiro atoms. The highest BCUT2D eigenvalue weighted by molar-refractivity contribution is 7.84. The van der Waals surface area contributed by atoms with Gasteiger partial charge in [0.2, 0.25) is 0 Å². The second-order valence-electron chi connectivity index (χ2n) is 5.91. The highest BCUT2D eigenvalue weighted by atomic mass is 32.2. The van der Waals surface area contributed by atoms with E-state index in [2.05, 4.69) is 10.3 Å². The first-order valence-electron chi connectivity index (χ1n) is 7.70. The summed E-state index contributed by atoms with van der Waals surface area (Å²) in [5.41, 5.74) is 2.90. The molecule has 0 aliphatic heterocycles. The number of carbonyl (C=O) groups is 1. The molecule has 0 saturated carbocycles.